The minimum absolute atomic E-state index is 0.0757. The van der Waals surface area contributed by atoms with E-state index in [1.165, 1.54) is 36.4 Å². The van der Waals surface area contributed by atoms with Gasteiger partial charge in [-0.15, -0.1) is 0 Å². The minimum atomic E-state index is -4.06. The highest BCUT2D eigenvalue weighted by molar-refractivity contribution is 7.98. The first kappa shape index (κ1) is 26.9. The molecule has 0 unspecified atom stereocenters. The van der Waals surface area contributed by atoms with Gasteiger partial charge in [-0.25, -0.2) is 8.42 Å². The summed E-state index contributed by atoms with van der Waals surface area (Å²) in [6, 6.07) is 19.3. The number of benzene rings is 3. The van der Waals surface area contributed by atoms with E-state index in [1.54, 1.807) is 36.0 Å². The summed E-state index contributed by atoms with van der Waals surface area (Å²) in [4.78, 5) is 12.9. The van der Waals surface area contributed by atoms with Crippen molar-refractivity contribution in [1.29, 1.82) is 0 Å². The number of halogens is 1. The molecule has 0 aliphatic carbocycles. The standard InChI is InChI=1S/C26H29ClN2O4S2/c1-19-8-11-23(12-9-19)35(31,32)29(24-16-22(27)10-13-25(24)33-3)17-26(30)28-14-15-34-18-21-7-5-4-6-20(21)2/h4-13,16H,14-15,17-18H2,1-3H3,(H,28,30). The van der Waals surface area contributed by atoms with Crippen molar-refractivity contribution in [1.82, 2.24) is 5.32 Å². The Balaban J connectivity index is 1.73. The van der Waals surface area contributed by atoms with Crippen molar-refractivity contribution in [3.63, 3.8) is 0 Å². The van der Waals surface area contributed by atoms with Gasteiger partial charge in [-0.05, 0) is 55.3 Å². The second-order valence-electron chi connectivity index (χ2n) is 7.97. The topological polar surface area (TPSA) is 75.7 Å². The molecule has 35 heavy (non-hydrogen) atoms. The molecule has 0 saturated carbocycles. The van der Waals surface area contributed by atoms with Gasteiger partial charge in [0, 0.05) is 23.1 Å². The van der Waals surface area contributed by atoms with Gasteiger partial charge in [0.25, 0.3) is 10.0 Å². The number of nitrogens with one attached hydrogen (secondary N) is 1. The first-order valence-corrected chi connectivity index (χ1v) is 14.0. The van der Waals surface area contributed by atoms with Crippen LogP contribution in [-0.4, -0.2) is 40.3 Å². The Bertz CT molecular complexity index is 1260. The van der Waals surface area contributed by atoms with Crippen LogP contribution in [-0.2, 0) is 20.6 Å². The van der Waals surface area contributed by atoms with E-state index in [-0.39, 0.29) is 10.6 Å². The second kappa shape index (κ2) is 12.3. The molecule has 0 aliphatic rings. The fraction of sp³-hybridized carbons (Fsp3) is 0.269. The van der Waals surface area contributed by atoms with Gasteiger partial charge in [0.05, 0.1) is 17.7 Å². The number of nitrogens with zero attached hydrogens (tertiary/aromatic N) is 1. The molecule has 0 saturated heterocycles. The molecule has 3 aromatic rings. The van der Waals surface area contributed by atoms with Crippen LogP contribution in [0.25, 0.3) is 0 Å². The summed E-state index contributed by atoms with van der Waals surface area (Å²) in [5.41, 5.74) is 3.62. The van der Waals surface area contributed by atoms with Gasteiger partial charge in [0.15, 0.2) is 0 Å². The third-order valence-electron chi connectivity index (χ3n) is 5.39. The lowest BCUT2D eigenvalue weighted by Gasteiger charge is -2.26. The lowest BCUT2D eigenvalue weighted by Crippen LogP contribution is -2.41. The predicted molar refractivity (Wildman–Crippen MR) is 144 cm³/mol. The fourth-order valence-electron chi connectivity index (χ4n) is 3.40. The summed E-state index contributed by atoms with van der Waals surface area (Å²) < 4.78 is 33.6. The van der Waals surface area contributed by atoms with Crippen LogP contribution in [0.1, 0.15) is 16.7 Å². The highest BCUT2D eigenvalue weighted by Gasteiger charge is 2.29. The van der Waals surface area contributed by atoms with Crippen LogP contribution >= 0.6 is 23.4 Å². The van der Waals surface area contributed by atoms with Gasteiger partial charge in [-0.2, -0.15) is 11.8 Å². The number of methoxy groups -OCH3 is 1. The number of aryl methyl sites for hydroxylation is 2. The Morgan fingerprint density at radius 1 is 1.06 bits per heavy atom. The van der Waals surface area contributed by atoms with Crippen molar-refractivity contribution < 1.29 is 17.9 Å². The van der Waals surface area contributed by atoms with E-state index in [0.717, 1.165) is 15.6 Å². The van der Waals surface area contributed by atoms with Gasteiger partial charge >= 0.3 is 0 Å². The highest BCUT2D eigenvalue weighted by Crippen LogP contribution is 2.34. The van der Waals surface area contributed by atoms with Crippen LogP contribution in [0.5, 0.6) is 5.75 Å². The lowest BCUT2D eigenvalue weighted by atomic mass is 10.1. The van der Waals surface area contributed by atoms with Crippen LogP contribution in [0.3, 0.4) is 0 Å². The molecule has 3 aromatic carbocycles. The largest absolute Gasteiger partial charge is 0.495 e. The Hall–Kier alpha value is -2.68. The molecule has 0 heterocycles. The number of carbonyl (C=O) groups is 1. The second-order valence-corrected chi connectivity index (χ2v) is 11.4. The summed E-state index contributed by atoms with van der Waals surface area (Å²) in [5, 5.41) is 3.16. The zero-order valence-corrected chi connectivity index (χ0v) is 22.3. The Morgan fingerprint density at radius 3 is 2.46 bits per heavy atom. The van der Waals surface area contributed by atoms with Crippen molar-refractivity contribution in [2.24, 2.45) is 0 Å². The predicted octanol–water partition coefficient (Wildman–Crippen LogP) is 5.21. The number of sulfonamides is 1. The number of amides is 1. The smallest absolute Gasteiger partial charge is 0.264 e. The first-order chi connectivity index (χ1) is 16.7. The molecule has 1 amide bonds. The van der Waals surface area contributed by atoms with E-state index < -0.39 is 22.5 Å². The summed E-state index contributed by atoms with van der Waals surface area (Å²) in [6.07, 6.45) is 0. The molecule has 1 N–H and O–H groups in total. The molecule has 6 nitrogen and oxygen atoms in total. The molecule has 0 aliphatic heterocycles. The lowest BCUT2D eigenvalue weighted by molar-refractivity contribution is -0.119. The van der Waals surface area contributed by atoms with Gasteiger partial charge in [0.2, 0.25) is 5.91 Å². The number of anilines is 1. The molecule has 0 bridgehead atoms. The SMILES string of the molecule is COc1ccc(Cl)cc1N(CC(=O)NCCSCc1ccccc1C)S(=O)(=O)c1ccc(C)cc1. The molecule has 0 aromatic heterocycles. The Labute approximate surface area is 216 Å². The van der Waals surface area contributed by atoms with Crippen molar-refractivity contribution in [3.05, 3.63) is 88.4 Å². The van der Waals surface area contributed by atoms with Crippen molar-refractivity contribution in [2.45, 2.75) is 24.5 Å². The van der Waals surface area contributed by atoms with E-state index in [1.807, 2.05) is 19.1 Å². The number of ether oxygens (including phenoxy) is 1. The Kier molecular flexibility index (Phi) is 9.48. The van der Waals surface area contributed by atoms with Crippen molar-refractivity contribution in [3.8, 4) is 5.75 Å². The van der Waals surface area contributed by atoms with Crippen LogP contribution in [0.15, 0.2) is 71.6 Å². The van der Waals surface area contributed by atoms with E-state index in [4.69, 9.17) is 16.3 Å². The maximum absolute atomic E-state index is 13.6. The number of carbonyl (C=O) groups excluding carboxylic acids is 1. The zero-order chi connectivity index (χ0) is 25.4. The average molecular weight is 533 g/mol. The van der Waals surface area contributed by atoms with Crippen LogP contribution < -0.4 is 14.4 Å². The molecular formula is C26H29ClN2O4S2. The summed E-state index contributed by atoms with van der Waals surface area (Å²) >= 11 is 7.88. The van der Waals surface area contributed by atoms with Gasteiger partial charge in [0.1, 0.15) is 12.3 Å². The van der Waals surface area contributed by atoms with Gasteiger partial charge in [-0.3, -0.25) is 9.10 Å². The van der Waals surface area contributed by atoms with Crippen LogP contribution in [0.4, 0.5) is 5.69 Å². The average Bonchev–Trinajstić information content (AvgIpc) is 2.83. The van der Waals surface area contributed by atoms with E-state index >= 15 is 0 Å². The third-order valence-corrected chi connectivity index (χ3v) is 8.41. The zero-order valence-electron chi connectivity index (χ0n) is 20.0. The molecule has 0 atom stereocenters. The van der Waals surface area contributed by atoms with Gasteiger partial charge in [-0.1, -0.05) is 53.6 Å². The number of hydrogen-bond acceptors (Lipinski definition) is 5. The summed E-state index contributed by atoms with van der Waals surface area (Å²) in [7, 11) is -2.62. The molecular weight excluding hydrogens is 504 g/mol. The quantitative estimate of drug-likeness (QED) is 0.343. The normalized spacial score (nSPS) is 11.2. The monoisotopic (exact) mass is 532 g/mol. The van der Waals surface area contributed by atoms with E-state index in [0.29, 0.717) is 23.1 Å². The summed E-state index contributed by atoms with van der Waals surface area (Å²) in [6.45, 7) is 3.96. The molecule has 9 heteroatoms. The number of thioether (sulfide) groups is 1. The number of hydrogen-bond donors (Lipinski definition) is 1. The maximum atomic E-state index is 13.6. The first-order valence-electron chi connectivity index (χ1n) is 11.0. The fourth-order valence-corrected chi connectivity index (χ4v) is 5.92. The van der Waals surface area contributed by atoms with Crippen molar-refractivity contribution >= 4 is 45.0 Å². The van der Waals surface area contributed by atoms with Crippen molar-refractivity contribution in [2.75, 3.05) is 30.3 Å². The minimum Gasteiger partial charge on any atom is -0.495 e. The highest BCUT2D eigenvalue weighted by atomic mass is 35.5. The molecule has 0 fully saturated rings. The van der Waals surface area contributed by atoms with Gasteiger partial charge < -0.3 is 10.1 Å². The Morgan fingerprint density at radius 2 is 1.77 bits per heavy atom. The maximum Gasteiger partial charge on any atom is 0.264 e. The van der Waals surface area contributed by atoms with Crippen LogP contribution in [0.2, 0.25) is 5.02 Å². The van der Waals surface area contributed by atoms with E-state index in [9.17, 15) is 13.2 Å². The van der Waals surface area contributed by atoms with Crippen LogP contribution in [0, 0.1) is 13.8 Å². The third kappa shape index (κ3) is 7.16. The van der Waals surface area contributed by atoms with E-state index in [2.05, 4.69) is 24.4 Å². The number of rotatable bonds is 11. The molecule has 0 radical (unpaired) electrons. The molecule has 186 valence electrons. The molecule has 0 spiro atoms. The molecule has 3 rings (SSSR count). The summed E-state index contributed by atoms with van der Waals surface area (Å²) in [5.74, 6) is 1.42.